The van der Waals surface area contributed by atoms with Gasteiger partial charge in [0.2, 0.25) is 0 Å². The van der Waals surface area contributed by atoms with Gasteiger partial charge < -0.3 is 5.73 Å². The van der Waals surface area contributed by atoms with Gasteiger partial charge in [-0.05, 0) is 12.8 Å². The molecule has 0 bridgehead atoms. The van der Waals surface area contributed by atoms with Crippen LogP contribution in [0.25, 0.3) is 0 Å². The highest BCUT2D eigenvalue weighted by molar-refractivity contribution is 5.96. The Morgan fingerprint density at radius 2 is 1.80 bits per heavy atom. The maximum atomic E-state index is 11.9. The third-order valence-electron chi connectivity index (χ3n) is 3.21. The first-order chi connectivity index (χ1) is 7.20. The summed E-state index contributed by atoms with van der Waals surface area (Å²) >= 11 is 0. The van der Waals surface area contributed by atoms with Crippen molar-refractivity contribution in [2.45, 2.75) is 37.6 Å². The summed E-state index contributed by atoms with van der Waals surface area (Å²) in [5.41, 5.74) is 6.73. The third-order valence-corrected chi connectivity index (χ3v) is 3.21. The lowest BCUT2D eigenvalue weighted by Gasteiger charge is -2.22. The molecule has 80 valence electrons. The lowest BCUT2D eigenvalue weighted by molar-refractivity contribution is 0.0952. The Hall–Kier alpha value is -1.15. The molecule has 2 N–H and O–H groups in total. The Morgan fingerprint density at radius 1 is 1.20 bits per heavy atom. The summed E-state index contributed by atoms with van der Waals surface area (Å²) in [6.07, 6.45) is 4.81. The van der Waals surface area contributed by atoms with E-state index in [2.05, 4.69) is 0 Å². The molecule has 0 heterocycles. The molecule has 0 aliphatic heterocycles. The van der Waals surface area contributed by atoms with Crippen LogP contribution in [-0.4, -0.2) is 11.3 Å². The van der Waals surface area contributed by atoms with E-state index in [4.69, 9.17) is 5.73 Å². The first-order valence-electron chi connectivity index (χ1n) is 5.57. The van der Waals surface area contributed by atoms with Gasteiger partial charge in [-0.3, -0.25) is 4.79 Å². The van der Waals surface area contributed by atoms with Crippen molar-refractivity contribution in [2.24, 2.45) is 5.73 Å². The summed E-state index contributed by atoms with van der Waals surface area (Å²) in [5.74, 6) is 0.181. The number of benzene rings is 1. The van der Waals surface area contributed by atoms with Crippen molar-refractivity contribution in [3.05, 3.63) is 35.9 Å². The Bertz CT molecular complexity index is 339. The zero-order chi connectivity index (χ0) is 10.7. The van der Waals surface area contributed by atoms with Gasteiger partial charge in [0.1, 0.15) is 0 Å². The predicted octanol–water partition coefficient (Wildman–Crippen LogP) is 2.53. The average molecular weight is 203 g/mol. The van der Waals surface area contributed by atoms with Crippen molar-refractivity contribution < 1.29 is 4.79 Å². The van der Waals surface area contributed by atoms with Crippen LogP contribution in [0.15, 0.2) is 30.3 Å². The number of hydrogen-bond acceptors (Lipinski definition) is 2. The Balaban J connectivity index is 2.04. The molecule has 0 radical (unpaired) electrons. The Labute approximate surface area is 90.5 Å². The minimum Gasteiger partial charge on any atom is -0.325 e. The number of nitrogens with two attached hydrogens (primary N) is 1. The number of Topliss-reactive ketones (excluding diaryl/α,β-unsaturated/α-hetero) is 1. The second kappa shape index (κ2) is 4.15. The van der Waals surface area contributed by atoms with Gasteiger partial charge >= 0.3 is 0 Å². The summed E-state index contributed by atoms with van der Waals surface area (Å²) in [6.45, 7) is 0. The molecule has 0 spiro atoms. The van der Waals surface area contributed by atoms with E-state index in [1.807, 2.05) is 30.3 Å². The van der Waals surface area contributed by atoms with E-state index in [9.17, 15) is 4.79 Å². The number of hydrogen-bond donors (Lipinski definition) is 1. The first kappa shape index (κ1) is 10.4. The number of carbonyl (C=O) groups is 1. The second-order valence-electron chi connectivity index (χ2n) is 4.54. The normalized spacial score (nSPS) is 19.0. The molecular weight excluding hydrogens is 186 g/mol. The van der Waals surface area contributed by atoms with E-state index in [0.29, 0.717) is 6.42 Å². The molecule has 15 heavy (non-hydrogen) atoms. The van der Waals surface area contributed by atoms with Gasteiger partial charge in [-0.1, -0.05) is 43.2 Å². The third kappa shape index (κ3) is 2.45. The van der Waals surface area contributed by atoms with E-state index < -0.39 is 0 Å². The van der Waals surface area contributed by atoms with Crippen LogP contribution >= 0.6 is 0 Å². The fraction of sp³-hybridized carbons (Fsp3) is 0.462. The highest BCUT2D eigenvalue weighted by Gasteiger charge is 2.31. The first-order valence-corrected chi connectivity index (χ1v) is 5.57. The fourth-order valence-corrected chi connectivity index (χ4v) is 2.30. The standard InChI is InChI=1S/C13H17NO/c14-13(8-4-5-9-13)10-12(15)11-6-2-1-3-7-11/h1-3,6-7H,4-5,8-10,14H2. The lowest BCUT2D eigenvalue weighted by Crippen LogP contribution is -2.38. The average Bonchev–Trinajstić information content (AvgIpc) is 2.66. The minimum absolute atomic E-state index is 0.181. The number of rotatable bonds is 3. The fourth-order valence-electron chi connectivity index (χ4n) is 2.30. The maximum absolute atomic E-state index is 11.9. The molecule has 0 aromatic heterocycles. The summed E-state index contributed by atoms with van der Waals surface area (Å²) in [5, 5.41) is 0. The molecule has 0 amide bonds. The van der Waals surface area contributed by atoms with Crippen LogP contribution in [0.2, 0.25) is 0 Å². The molecule has 0 saturated heterocycles. The smallest absolute Gasteiger partial charge is 0.164 e. The van der Waals surface area contributed by atoms with Gasteiger partial charge in [0.05, 0.1) is 0 Å². The molecule has 2 heteroatoms. The molecule has 0 unspecified atom stereocenters. The Morgan fingerprint density at radius 3 is 2.40 bits per heavy atom. The highest BCUT2D eigenvalue weighted by atomic mass is 16.1. The topological polar surface area (TPSA) is 43.1 Å². The van der Waals surface area contributed by atoms with Crippen molar-refractivity contribution in [3.8, 4) is 0 Å². The minimum atomic E-state index is -0.229. The van der Waals surface area contributed by atoms with Crippen molar-refractivity contribution >= 4 is 5.78 Å². The monoisotopic (exact) mass is 203 g/mol. The predicted molar refractivity (Wildman–Crippen MR) is 60.8 cm³/mol. The van der Waals surface area contributed by atoms with Crippen LogP contribution in [0.5, 0.6) is 0 Å². The van der Waals surface area contributed by atoms with Crippen molar-refractivity contribution in [2.75, 3.05) is 0 Å². The van der Waals surface area contributed by atoms with E-state index in [1.54, 1.807) is 0 Å². The largest absolute Gasteiger partial charge is 0.325 e. The zero-order valence-corrected chi connectivity index (χ0v) is 8.91. The lowest BCUT2D eigenvalue weighted by atomic mass is 9.90. The van der Waals surface area contributed by atoms with Crippen LogP contribution in [0, 0.1) is 0 Å². The van der Waals surface area contributed by atoms with E-state index in [1.165, 1.54) is 12.8 Å². The highest BCUT2D eigenvalue weighted by Crippen LogP contribution is 2.31. The summed E-state index contributed by atoms with van der Waals surface area (Å²) in [6, 6.07) is 9.43. The van der Waals surface area contributed by atoms with Gasteiger partial charge in [-0.2, -0.15) is 0 Å². The molecule has 2 nitrogen and oxygen atoms in total. The van der Waals surface area contributed by atoms with Gasteiger partial charge in [0.15, 0.2) is 5.78 Å². The molecular formula is C13H17NO. The maximum Gasteiger partial charge on any atom is 0.164 e. The second-order valence-corrected chi connectivity index (χ2v) is 4.54. The van der Waals surface area contributed by atoms with E-state index >= 15 is 0 Å². The number of carbonyl (C=O) groups excluding carboxylic acids is 1. The molecule has 1 aliphatic carbocycles. The van der Waals surface area contributed by atoms with Crippen LogP contribution < -0.4 is 5.73 Å². The van der Waals surface area contributed by atoms with Crippen molar-refractivity contribution in [1.29, 1.82) is 0 Å². The van der Waals surface area contributed by atoms with Gasteiger partial charge in [-0.25, -0.2) is 0 Å². The van der Waals surface area contributed by atoms with E-state index in [0.717, 1.165) is 18.4 Å². The zero-order valence-electron chi connectivity index (χ0n) is 8.91. The van der Waals surface area contributed by atoms with Crippen LogP contribution in [-0.2, 0) is 0 Å². The van der Waals surface area contributed by atoms with Crippen molar-refractivity contribution in [3.63, 3.8) is 0 Å². The molecule has 2 rings (SSSR count). The Kier molecular flexibility index (Phi) is 2.87. The van der Waals surface area contributed by atoms with Crippen LogP contribution in [0.3, 0.4) is 0 Å². The SMILES string of the molecule is NC1(CC(=O)c2ccccc2)CCCC1. The summed E-state index contributed by atoms with van der Waals surface area (Å²) in [7, 11) is 0. The number of ketones is 1. The van der Waals surface area contributed by atoms with Gasteiger partial charge in [-0.15, -0.1) is 0 Å². The van der Waals surface area contributed by atoms with E-state index in [-0.39, 0.29) is 11.3 Å². The molecule has 1 aromatic carbocycles. The molecule has 1 saturated carbocycles. The molecule has 1 aromatic rings. The molecule has 1 aliphatic rings. The quantitative estimate of drug-likeness (QED) is 0.767. The summed E-state index contributed by atoms with van der Waals surface area (Å²) in [4.78, 5) is 11.9. The molecule has 1 fully saturated rings. The van der Waals surface area contributed by atoms with Gasteiger partial charge in [0, 0.05) is 17.5 Å². The summed E-state index contributed by atoms with van der Waals surface area (Å²) < 4.78 is 0. The van der Waals surface area contributed by atoms with Gasteiger partial charge in [0.25, 0.3) is 0 Å². The van der Waals surface area contributed by atoms with Crippen molar-refractivity contribution in [1.82, 2.24) is 0 Å². The van der Waals surface area contributed by atoms with Crippen LogP contribution in [0.1, 0.15) is 42.5 Å². The molecule has 0 atom stereocenters. The van der Waals surface area contributed by atoms with Crippen LogP contribution in [0.4, 0.5) is 0 Å².